The normalized spacial score (nSPS) is 32.7. The second-order valence-corrected chi connectivity index (χ2v) is 1.84. The molecule has 3 heteroatoms. The molecule has 0 aliphatic carbocycles. The van der Waals surface area contributed by atoms with Gasteiger partial charge < -0.3 is 14.6 Å². The van der Waals surface area contributed by atoms with Gasteiger partial charge in [0, 0.05) is 0 Å². The van der Waals surface area contributed by atoms with E-state index < -0.39 is 5.97 Å². The van der Waals surface area contributed by atoms with Gasteiger partial charge in [0.2, 0.25) is 0 Å². The van der Waals surface area contributed by atoms with Crippen LogP contribution in [0, 0.1) is 0 Å². The Morgan fingerprint density at radius 2 is 2.67 bits per heavy atom. The first kappa shape index (κ1) is 6.58. The third kappa shape index (κ3) is 1.43. The first-order chi connectivity index (χ1) is 4.27. The zero-order valence-corrected chi connectivity index (χ0v) is 5.33. The molecular formula is C6H10O3. The van der Waals surface area contributed by atoms with E-state index >= 15 is 0 Å². The fourth-order valence-electron chi connectivity index (χ4n) is 0.718. The minimum atomic E-state index is -1.37. The van der Waals surface area contributed by atoms with Crippen LogP contribution >= 0.6 is 0 Å². The minimum Gasteiger partial charge on any atom is -0.447 e. The summed E-state index contributed by atoms with van der Waals surface area (Å²) >= 11 is 0. The van der Waals surface area contributed by atoms with Gasteiger partial charge in [-0.2, -0.15) is 0 Å². The lowest BCUT2D eigenvalue weighted by atomic mass is 10.4. The zero-order chi connectivity index (χ0) is 6.74. The van der Waals surface area contributed by atoms with Crippen LogP contribution < -0.4 is 0 Å². The monoisotopic (exact) mass is 130 g/mol. The van der Waals surface area contributed by atoms with Crippen molar-refractivity contribution in [2.24, 2.45) is 0 Å². The van der Waals surface area contributed by atoms with E-state index in [-0.39, 0.29) is 0 Å². The fourth-order valence-corrected chi connectivity index (χ4v) is 0.718. The Labute approximate surface area is 53.9 Å². The Bertz CT molecular complexity index is 111. The van der Waals surface area contributed by atoms with E-state index in [1.54, 1.807) is 13.0 Å². The van der Waals surface area contributed by atoms with E-state index in [1.807, 2.05) is 0 Å². The predicted octanol–water partition coefficient (Wildman–Crippen LogP) is 0.603. The van der Waals surface area contributed by atoms with Gasteiger partial charge in [-0.15, -0.1) is 0 Å². The van der Waals surface area contributed by atoms with Crippen molar-refractivity contribution in [2.75, 3.05) is 6.61 Å². The van der Waals surface area contributed by atoms with Crippen molar-refractivity contribution in [3.8, 4) is 0 Å². The lowest BCUT2D eigenvalue weighted by molar-refractivity contribution is -0.326. The summed E-state index contributed by atoms with van der Waals surface area (Å²) in [6, 6.07) is 0. The molecule has 1 heterocycles. The Balaban J connectivity index is 2.36. The van der Waals surface area contributed by atoms with Gasteiger partial charge in [0.15, 0.2) is 0 Å². The summed E-state index contributed by atoms with van der Waals surface area (Å²) in [5.74, 6) is -1.37. The van der Waals surface area contributed by atoms with E-state index in [0.717, 1.165) is 0 Å². The van der Waals surface area contributed by atoms with Crippen LogP contribution in [0.2, 0.25) is 0 Å². The maximum Gasteiger partial charge on any atom is 0.327 e. The molecule has 1 rings (SSSR count). The summed E-state index contributed by atoms with van der Waals surface area (Å²) < 4.78 is 9.59. The van der Waals surface area contributed by atoms with Crippen LogP contribution in [0.25, 0.3) is 0 Å². The lowest BCUT2D eigenvalue weighted by Gasteiger charge is -2.20. The molecule has 0 amide bonds. The van der Waals surface area contributed by atoms with Crippen molar-refractivity contribution in [2.45, 2.75) is 19.3 Å². The maximum absolute atomic E-state index is 9.18. The van der Waals surface area contributed by atoms with E-state index in [4.69, 9.17) is 9.47 Å². The average molecular weight is 130 g/mol. The summed E-state index contributed by atoms with van der Waals surface area (Å²) in [6.07, 6.45) is 3.58. The van der Waals surface area contributed by atoms with Crippen molar-refractivity contribution in [1.82, 2.24) is 0 Å². The molecule has 9 heavy (non-hydrogen) atoms. The van der Waals surface area contributed by atoms with Crippen LogP contribution in [0.15, 0.2) is 12.3 Å². The van der Waals surface area contributed by atoms with Crippen LogP contribution in [0.1, 0.15) is 13.3 Å². The second kappa shape index (κ2) is 2.37. The molecule has 1 N–H and O–H groups in total. The number of aliphatic hydroxyl groups is 1. The van der Waals surface area contributed by atoms with Crippen molar-refractivity contribution in [3.05, 3.63) is 12.3 Å². The minimum absolute atomic E-state index is 0.418. The Morgan fingerprint density at radius 3 is 3.11 bits per heavy atom. The van der Waals surface area contributed by atoms with Gasteiger partial charge in [0.25, 0.3) is 0 Å². The molecule has 3 nitrogen and oxygen atoms in total. The van der Waals surface area contributed by atoms with E-state index in [1.165, 1.54) is 6.26 Å². The Kier molecular flexibility index (Phi) is 1.73. The molecule has 0 aromatic rings. The van der Waals surface area contributed by atoms with Crippen molar-refractivity contribution < 1.29 is 14.6 Å². The summed E-state index contributed by atoms with van der Waals surface area (Å²) in [7, 11) is 0. The molecule has 1 unspecified atom stereocenters. The lowest BCUT2D eigenvalue weighted by Crippen LogP contribution is -2.30. The molecule has 0 fully saturated rings. The molecule has 0 aromatic carbocycles. The highest BCUT2D eigenvalue weighted by Crippen LogP contribution is 2.20. The van der Waals surface area contributed by atoms with E-state index in [0.29, 0.717) is 13.0 Å². The molecule has 52 valence electrons. The summed E-state index contributed by atoms with van der Waals surface area (Å²) in [4.78, 5) is 0. The summed E-state index contributed by atoms with van der Waals surface area (Å²) in [5.41, 5.74) is 0. The highest BCUT2D eigenvalue weighted by molar-refractivity contribution is 4.86. The molecule has 0 spiro atoms. The van der Waals surface area contributed by atoms with Crippen molar-refractivity contribution in [1.29, 1.82) is 0 Å². The van der Waals surface area contributed by atoms with Gasteiger partial charge >= 0.3 is 5.97 Å². The van der Waals surface area contributed by atoms with Crippen LogP contribution in [-0.4, -0.2) is 17.7 Å². The molecule has 1 aliphatic rings. The third-order valence-electron chi connectivity index (χ3n) is 1.09. The highest BCUT2D eigenvalue weighted by Gasteiger charge is 2.30. The van der Waals surface area contributed by atoms with Crippen molar-refractivity contribution in [3.63, 3.8) is 0 Å². The van der Waals surface area contributed by atoms with Crippen molar-refractivity contribution >= 4 is 0 Å². The molecule has 0 saturated carbocycles. The van der Waals surface area contributed by atoms with E-state index in [2.05, 4.69) is 0 Å². The number of hydrogen-bond donors (Lipinski definition) is 1. The molecular weight excluding hydrogens is 120 g/mol. The highest BCUT2D eigenvalue weighted by atomic mass is 16.8. The largest absolute Gasteiger partial charge is 0.447 e. The molecule has 0 saturated heterocycles. The predicted molar refractivity (Wildman–Crippen MR) is 31.4 cm³/mol. The van der Waals surface area contributed by atoms with Crippen LogP contribution in [0.3, 0.4) is 0 Å². The zero-order valence-electron chi connectivity index (χ0n) is 5.33. The molecule has 0 radical (unpaired) electrons. The Morgan fingerprint density at radius 1 is 1.89 bits per heavy atom. The van der Waals surface area contributed by atoms with Gasteiger partial charge in [-0.05, 0) is 13.0 Å². The summed E-state index contributed by atoms with van der Waals surface area (Å²) in [6.45, 7) is 2.26. The topological polar surface area (TPSA) is 38.7 Å². The standard InChI is InChI=1S/C6H10O3/c1-2-8-6(7)4-3-5-9-6/h3,5,7H,2,4H2,1H3. The second-order valence-electron chi connectivity index (χ2n) is 1.84. The summed E-state index contributed by atoms with van der Waals surface area (Å²) in [5, 5.41) is 9.18. The van der Waals surface area contributed by atoms with Crippen LogP contribution in [-0.2, 0) is 9.47 Å². The third-order valence-corrected chi connectivity index (χ3v) is 1.09. The van der Waals surface area contributed by atoms with E-state index in [9.17, 15) is 5.11 Å². The molecule has 0 bridgehead atoms. The number of rotatable bonds is 2. The number of ether oxygens (including phenoxy) is 2. The van der Waals surface area contributed by atoms with Crippen LogP contribution in [0.5, 0.6) is 0 Å². The van der Waals surface area contributed by atoms with Gasteiger partial charge in [-0.3, -0.25) is 0 Å². The average Bonchev–Trinajstić information content (AvgIpc) is 2.16. The maximum atomic E-state index is 9.18. The van der Waals surface area contributed by atoms with Gasteiger partial charge in [0.05, 0.1) is 19.3 Å². The Hall–Kier alpha value is -0.540. The molecule has 1 atom stereocenters. The molecule has 1 aliphatic heterocycles. The van der Waals surface area contributed by atoms with Crippen LogP contribution in [0.4, 0.5) is 0 Å². The smallest absolute Gasteiger partial charge is 0.327 e. The molecule has 0 aromatic heterocycles. The van der Waals surface area contributed by atoms with Gasteiger partial charge in [0.1, 0.15) is 0 Å². The fraction of sp³-hybridized carbons (Fsp3) is 0.667. The van der Waals surface area contributed by atoms with Gasteiger partial charge in [-0.25, -0.2) is 0 Å². The number of hydrogen-bond acceptors (Lipinski definition) is 3. The quantitative estimate of drug-likeness (QED) is 0.556. The first-order valence-electron chi connectivity index (χ1n) is 2.96. The van der Waals surface area contributed by atoms with Gasteiger partial charge in [-0.1, -0.05) is 0 Å². The SMILES string of the molecule is CCOC1(O)CC=CO1. The first-order valence-corrected chi connectivity index (χ1v) is 2.96.